The molecule has 0 aliphatic carbocycles. The topological polar surface area (TPSA) is 29.9 Å². The van der Waals surface area contributed by atoms with E-state index in [4.69, 9.17) is 0 Å². The second-order valence-corrected chi connectivity index (χ2v) is 4.36. The number of benzene rings is 1. The quantitative estimate of drug-likeness (QED) is 0.871. The molecule has 1 unspecified atom stereocenters. The molecule has 2 aromatic rings. The van der Waals surface area contributed by atoms with Gasteiger partial charge in [0.05, 0.1) is 12.2 Å². The highest BCUT2D eigenvalue weighted by Crippen LogP contribution is 2.18. The zero-order valence-corrected chi connectivity index (χ0v) is 10.6. The fourth-order valence-corrected chi connectivity index (χ4v) is 1.76. The number of nitrogens with one attached hydrogen (secondary N) is 1. The van der Waals surface area contributed by atoms with E-state index in [0.717, 1.165) is 12.2 Å². The summed E-state index contributed by atoms with van der Waals surface area (Å²) in [4.78, 5) is 0. The summed E-state index contributed by atoms with van der Waals surface area (Å²) in [5.74, 6) is 0. The summed E-state index contributed by atoms with van der Waals surface area (Å²) in [6.45, 7) is 7.25. The monoisotopic (exact) mass is 229 g/mol. The third-order valence-corrected chi connectivity index (χ3v) is 2.91. The Hall–Kier alpha value is -1.77. The molecule has 2 rings (SSSR count). The molecule has 1 aromatic carbocycles. The SMILES string of the molecule is CCn1cc(C(C)Nc2ccc(C)cc2)cn1. The van der Waals surface area contributed by atoms with Crippen LogP contribution in [0.15, 0.2) is 36.7 Å². The average Bonchev–Trinajstić information content (AvgIpc) is 2.81. The Balaban J connectivity index is 2.05. The zero-order valence-electron chi connectivity index (χ0n) is 10.6. The van der Waals surface area contributed by atoms with Crippen LogP contribution in [-0.2, 0) is 6.54 Å². The van der Waals surface area contributed by atoms with Crippen molar-refractivity contribution >= 4 is 5.69 Å². The van der Waals surface area contributed by atoms with Crippen LogP contribution in [0, 0.1) is 6.92 Å². The number of aromatic nitrogens is 2. The molecule has 1 N–H and O–H groups in total. The van der Waals surface area contributed by atoms with E-state index in [1.54, 1.807) is 0 Å². The molecule has 0 saturated heterocycles. The third-order valence-electron chi connectivity index (χ3n) is 2.91. The maximum Gasteiger partial charge on any atom is 0.0542 e. The van der Waals surface area contributed by atoms with Crippen LogP contribution in [0.25, 0.3) is 0 Å². The highest BCUT2D eigenvalue weighted by molar-refractivity contribution is 5.46. The molecule has 0 aliphatic heterocycles. The van der Waals surface area contributed by atoms with Crippen molar-refractivity contribution in [1.82, 2.24) is 9.78 Å². The maximum absolute atomic E-state index is 4.29. The Kier molecular flexibility index (Phi) is 3.47. The lowest BCUT2D eigenvalue weighted by Gasteiger charge is -2.13. The summed E-state index contributed by atoms with van der Waals surface area (Å²) in [5.41, 5.74) is 3.64. The molecule has 0 saturated carbocycles. The van der Waals surface area contributed by atoms with Crippen LogP contribution in [0.5, 0.6) is 0 Å². The Morgan fingerprint density at radius 1 is 1.29 bits per heavy atom. The number of aryl methyl sites for hydroxylation is 2. The zero-order chi connectivity index (χ0) is 12.3. The van der Waals surface area contributed by atoms with E-state index in [9.17, 15) is 0 Å². The molecule has 0 radical (unpaired) electrons. The molecule has 1 aromatic heterocycles. The molecule has 90 valence electrons. The third kappa shape index (κ3) is 2.87. The lowest BCUT2D eigenvalue weighted by Crippen LogP contribution is -2.05. The van der Waals surface area contributed by atoms with E-state index in [1.807, 2.05) is 10.9 Å². The first-order valence-corrected chi connectivity index (χ1v) is 6.04. The Morgan fingerprint density at radius 2 is 2.00 bits per heavy atom. The molecule has 0 spiro atoms. The normalized spacial score (nSPS) is 12.4. The summed E-state index contributed by atoms with van der Waals surface area (Å²) in [6.07, 6.45) is 4.02. The predicted molar refractivity (Wildman–Crippen MR) is 71.1 cm³/mol. The van der Waals surface area contributed by atoms with Gasteiger partial charge in [0.2, 0.25) is 0 Å². The second kappa shape index (κ2) is 5.04. The Labute approximate surface area is 102 Å². The minimum Gasteiger partial charge on any atom is -0.378 e. The Bertz CT molecular complexity index is 470. The summed E-state index contributed by atoms with van der Waals surface area (Å²) in [7, 11) is 0. The van der Waals surface area contributed by atoms with Gasteiger partial charge in [0, 0.05) is 24.0 Å². The molecule has 3 nitrogen and oxygen atoms in total. The molecule has 0 bridgehead atoms. The minimum atomic E-state index is 0.276. The fraction of sp³-hybridized carbons (Fsp3) is 0.357. The molecule has 17 heavy (non-hydrogen) atoms. The highest BCUT2D eigenvalue weighted by atomic mass is 15.3. The van der Waals surface area contributed by atoms with Crippen LogP contribution >= 0.6 is 0 Å². The lowest BCUT2D eigenvalue weighted by molar-refractivity contribution is 0.658. The summed E-state index contributed by atoms with van der Waals surface area (Å²) in [5, 5.41) is 7.76. The van der Waals surface area contributed by atoms with Gasteiger partial charge in [0.15, 0.2) is 0 Å². The van der Waals surface area contributed by atoms with Crippen LogP contribution in [0.1, 0.15) is 31.0 Å². The molecule has 0 amide bonds. The Morgan fingerprint density at radius 3 is 2.59 bits per heavy atom. The lowest BCUT2D eigenvalue weighted by atomic mass is 10.1. The van der Waals surface area contributed by atoms with Crippen molar-refractivity contribution in [3.8, 4) is 0 Å². The highest BCUT2D eigenvalue weighted by Gasteiger charge is 2.07. The van der Waals surface area contributed by atoms with E-state index < -0.39 is 0 Å². The van der Waals surface area contributed by atoms with E-state index in [-0.39, 0.29) is 6.04 Å². The standard InChI is InChI=1S/C14H19N3/c1-4-17-10-13(9-15-17)12(3)16-14-7-5-11(2)6-8-14/h5-10,12,16H,4H2,1-3H3. The van der Waals surface area contributed by atoms with Gasteiger partial charge in [-0.15, -0.1) is 0 Å². The van der Waals surface area contributed by atoms with Gasteiger partial charge in [-0.05, 0) is 32.9 Å². The molecular weight excluding hydrogens is 210 g/mol. The van der Waals surface area contributed by atoms with Crippen molar-refractivity contribution in [2.75, 3.05) is 5.32 Å². The van der Waals surface area contributed by atoms with Crippen LogP contribution in [-0.4, -0.2) is 9.78 Å². The number of rotatable bonds is 4. The molecular formula is C14H19N3. The first-order chi connectivity index (χ1) is 8.19. The van der Waals surface area contributed by atoms with Crippen molar-refractivity contribution in [2.24, 2.45) is 0 Å². The predicted octanol–water partition coefficient (Wildman–Crippen LogP) is 3.38. The second-order valence-electron chi connectivity index (χ2n) is 4.36. The van der Waals surface area contributed by atoms with E-state index >= 15 is 0 Å². The minimum absolute atomic E-state index is 0.276. The van der Waals surface area contributed by atoms with Crippen molar-refractivity contribution in [2.45, 2.75) is 33.4 Å². The smallest absolute Gasteiger partial charge is 0.0542 e. The van der Waals surface area contributed by atoms with Crippen LogP contribution in [0.3, 0.4) is 0 Å². The molecule has 0 fully saturated rings. The molecule has 0 aliphatic rings. The van der Waals surface area contributed by atoms with Crippen LogP contribution in [0.4, 0.5) is 5.69 Å². The van der Waals surface area contributed by atoms with Gasteiger partial charge in [0.1, 0.15) is 0 Å². The van der Waals surface area contributed by atoms with Crippen LogP contribution < -0.4 is 5.32 Å². The summed E-state index contributed by atoms with van der Waals surface area (Å²) in [6, 6.07) is 8.72. The number of hydrogen-bond acceptors (Lipinski definition) is 2. The van der Waals surface area contributed by atoms with E-state index in [2.05, 4.69) is 61.6 Å². The van der Waals surface area contributed by atoms with Gasteiger partial charge < -0.3 is 5.32 Å². The van der Waals surface area contributed by atoms with E-state index in [1.165, 1.54) is 11.1 Å². The van der Waals surface area contributed by atoms with Gasteiger partial charge in [-0.2, -0.15) is 5.10 Å². The molecule has 1 heterocycles. The van der Waals surface area contributed by atoms with Gasteiger partial charge in [-0.1, -0.05) is 17.7 Å². The van der Waals surface area contributed by atoms with Crippen molar-refractivity contribution in [3.63, 3.8) is 0 Å². The average molecular weight is 229 g/mol. The van der Waals surface area contributed by atoms with Gasteiger partial charge in [-0.25, -0.2) is 0 Å². The van der Waals surface area contributed by atoms with Gasteiger partial charge in [-0.3, -0.25) is 4.68 Å². The summed E-state index contributed by atoms with van der Waals surface area (Å²) >= 11 is 0. The van der Waals surface area contributed by atoms with Crippen molar-refractivity contribution in [1.29, 1.82) is 0 Å². The number of hydrogen-bond donors (Lipinski definition) is 1. The number of nitrogens with zero attached hydrogens (tertiary/aromatic N) is 2. The van der Waals surface area contributed by atoms with Crippen LogP contribution in [0.2, 0.25) is 0 Å². The fourth-order valence-electron chi connectivity index (χ4n) is 1.76. The first kappa shape index (κ1) is 11.7. The largest absolute Gasteiger partial charge is 0.378 e. The van der Waals surface area contributed by atoms with Crippen molar-refractivity contribution in [3.05, 3.63) is 47.8 Å². The maximum atomic E-state index is 4.29. The summed E-state index contributed by atoms with van der Waals surface area (Å²) < 4.78 is 1.95. The van der Waals surface area contributed by atoms with E-state index in [0.29, 0.717) is 0 Å². The molecule has 1 atom stereocenters. The number of anilines is 1. The van der Waals surface area contributed by atoms with Crippen molar-refractivity contribution < 1.29 is 0 Å². The molecule has 3 heteroatoms. The van der Waals surface area contributed by atoms with Gasteiger partial charge >= 0.3 is 0 Å². The first-order valence-electron chi connectivity index (χ1n) is 6.04. The van der Waals surface area contributed by atoms with Gasteiger partial charge in [0.25, 0.3) is 0 Å².